The first kappa shape index (κ1) is 16.6. The molecule has 0 saturated carbocycles. The highest BCUT2D eigenvalue weighted by molar-refractivity contribution is 6.00. The summed E-state index contributed by atoms with van der Waals surface area (Å²) in [6, 6.07) is 15.6. The van der Waals surface area contributed by atoms with E-state index in [2.05, 4.69) is 12.1 Å². The molecule has 0 bridgehead atoms. The van der Waals surface area contributed by atoms with Gasteiger partial charge in [-0.15, -0.1) is 0 Å². The summed E-state index contributed by atoms with van der Waals surface area (Å²) in [6.07, 6.45) is 1.16. The van der Waals surface area contributed by atoms with Crippen LogP contribution in [-0.4, -0.2) is 36.9 Å². The standard InChI is InChI=1S/C21H22N2O3/c1-26-19-8-6-18(7-9-19)23-14-17(12-20(23)24)21(25)22-11-10-15-4-2-3-5-16(15)13-22/h2-9,17H,10-14H2,1H3/t17-/m1/s1. The Morgan fingerprint density at radius 1 is 1.08 bits per heavy atom. The van der Waals surface area contributed by atoms with Crippen LogP contribution in [-0.2, 0) is 22.6 Å². The number of carbonyl (C=O) groups excluding carboxylic acids is 2. The van der Waals surface area contributed by atoms with E-state index in [1.54, 1.807) is 12.0 Å². The second-order valence-electron chi connectivity index (χ2n) is 6.88. The van der Waals surface area contributed by atoms with E-state index in [0.29, 0.717) is 13.1 Å². The molecule has 5 nitrogen and oxygen atoms in total. The lowest BCUT2D eigenvalue weighted by Gasteiger charge is -2.30. The Morgan fingerprint density at radius 2 is 1.81 bits per heavy atom. The number of benzene rings is 2. The van der Waals surface area contributed by atoms with Crippen molar-refractivity contribution in [2.75, 3.05) is 25.1 Å². The van der Waals surface area contributed by atoms with Gasteiger partial charge in [-0.3, -0.25) is 9.59 Å². The van der Waals surface area contributed by atoms with Gasteiger partial charge in [0.05, 0.1) is 13.0 Å². The number of fused-ring (bicyclic) bond motifs is 1. The number of nitrogens with zero attached hydrogens (tertiary/aromatic N) is 2. The summed E-state index contributed by atoms with van der Waals surface area (Å²) in [5.41, 5.74) is 3.34. The molecule has 2 aliphatic heterocycles. The lowest BCUT2D eigenvalue weighted by Crippen LogP contribution is -2.40. The molecule has 1 saturated heterocycles. The van der Waals surface area contributed by atoms with Crippen molar-refractivity contribution in [3.8, 4) is 5.75 Å². The predicted molar refractivity (Wildman–Crippen MR) is 99.0 cm³/mol. The first-order chi connectivity index (χ1) is 12.7. The van der Waals surface area contributed by atoms with Crippen LogP contribution >= 0.6 is 0 Å². The first-order valence-corrected chi connectivity index (χ1v) is 8.95. The number of anilines is 1. The Labute approximate surface area is 153 Å². The van der Waals surface area contributed by atoms with Crippen molar-refractivity contribution in [3.63, 3.8) is 0 Å². The maximum absolute atomic E-state index is 13.0. The second kappa shape index (κ2) is 6.83. The minimum atomic E-state index is -0.269. The SMILES string of the molecule is COc1ccc(N2C[C@H](C(=O)N3CCc4ccccc4C3)CC2=O)cc1. The molecule has 1 fully saturated rings. The summed E-state index contributed by atoms with van der Waals surface area (Å²) in [4.78, 5) is 29.0. The molecule has 0 aliphatic carbocycles. The predicted octanol–water partition coefficient (Wildman–Crippen LogP) is 2.63. The fourth-order valence-electron chi connectivity index (χ4n) is 3.83. The number of hydrogen-bond donors (Lipinski definition) is 0. The van der Waals surface area contributed by atoms with E-state index in [1.165, 1.54) is 11.1 Å². The lowest BCUT2D eigenvalue weighted by atomic mass is 9.98. The fraction of sp³-hybridized carbons (Fsp3) is 0.333. The molecule has 5 heteroatoms. The number of ether oxygens (including phenoxy) is 1. The average molecular weight is 350 g/mol. The normalized spacial score (nSPS) is 19.4. The van der Waals surface area contributed by atoms with Gasteiger partial charge in [-0.1, -0.05) is 24.3 Å². The van der Waals surface area contributed by atoms with Gasteiger partial charge in [-0.2, -0.15) is 0 Å². The summed E-state index contributed by atoms with van der Waals surface area (Å²) >= 11 is 0. The Kier molecular flexibility index (Phi) is 4.37. The van der Waals surface area contributed by atoms with Gasteiger partial charge < -0.3 is 14.5 Å². The van der Waals surface area contributed by atoms with Crippen LogP contribution in [0.25, 0.3) is 0 Å². The highest BCUT2D eigenvalue weighted by Crippen LogP contribution is 2.29. The van der Waals surface area contributed by atoms with E-state index < -0.39 is 0 Å². The molecule has 0 N–H and O–H groups in total. The van der Waals surface area contributed by atoms with Gasteiger partial charge >= 0.3 is 0 Å². The molecule has 4 rings (SSSR count). The molecule has 2 aliphatic rings. The van der Waals surface area contributed by atoms with Crippen molar-refractivity contribution in [2.24, 2.45) is 5.92 Å². The molecule has 2 heterocycles. The second-order valence-corrected chi connectivity index (χ2v) is 6.88. The van der Waals surface area contributed by atoms with Crippen LogP contribution in [0.15, 0.2) is 48.5 Å². The third kappa shape index (κ3) is 3.05. The third-order valence-electron chi connectivity index (χ3n) is 5.30. The van der Waals surface area contributed by atoms with Crippen molar-refractivity contribution in [3.05, 3.63) is 59.7 Å². The molecular formula is C21H22N2O3. The van der Waals surface area contributed by atoms with Gasteiger partial charge in [0.15, 0.2) is 0 Å². The number of carbonyl (C=O) groups is 2. The number of hydrogen-bond acceptors (Lipinski definition) is 3. The van der Waals surface area contributed by atoms with Crippen molar-refractivity contribution in [1.29, 1.82) is 0 Å². The van der Waals surface area contributed by atoms with E-state index in [0.717, 1.165) is 24.4 Å². The van der Waals surface area contributed by atoms with E-state index in [-0.39, 0.29) is 24.2 Å². The van der Waals surface area contributed by atoms with Crippen LogP contribution in [0.3, 0.4) is 0 Å². The molecule has 2 aromatic carbocycles. The summed E-state index contributed by atoms with van der Waals surface area (Å²) < 4.78 is 5.16. The van der Waals surface area contributed by atoms with Crippen LogP contribution < -0.4 is 9.64 Å². The van der Waals surface area contributed by atoms with Gasteiger partial charge in [0.25, 0.3) is 0 Å². The Bertz CT molecular complexity index is 831. The fourth-order valence-corrected chi connectivity index (χ4v) is 3.83. The van der Waals surface area contributed by atoms with Crippen LogP contribution in [0, 0.1) is 5.92 Å². The number of methoxy groups -OCH3 is 1. The summed E-state index contributed by atoms with van der Waals surface area (Å²) in [5, 5.41) is 0. The Balaban J connectivity index is 1.45. The zero-order chi connectivity index (χ0) is 18.1. The topological polar surface area (TPSA) is 49.9 Å². The molecule has 26 heavy (non-hydrogen) atoms. The largest absolute Gasteiger partial charge is 0.497 e. The van der Waals surface area contributed by atoms with Gasteiger partial charge in [0.2, 0.25) is 11.8 Å². The summed E-state index contributed by atoms with van der Waals surface area (Å²) in [5.74, 6) is 0.574. The van der Waals surface area contributed by atoms with Gasteiger partial charge in [-0.05, 0) is 41.8 Å². The van der Waals surface area contributed by atoms with Crippen molar-refractivity contribution < 1.29 is 14.3 Å². The zero-order valence-electron chi connectivity index (χ0n) is 14.9. The molecule has 0 spiro atoms. The summed E-state index contributed by atoms with van der Waals surface area (Å²) in [7, 11) is 1.61. The van der Waals surface area contributed by atoms with Crippen LogP contribution in [0.4, 0.5) is 5.69 Å². The number of rotatable bonds is 3. The molecule has 2 aromatic rings. The van der Waals surface area contributed by atoms with Gasteiger partial charge in [0.1, 0.15) is 5.75 Å². The van der Waals surface area contributed by atoms with Crippen molar-refractivity contribution in [2.45, 2.75) is 19.4 Å². The van der Waals surface area contributed by atoms with Crippen LogP contribution in [0.5, 0.6) is 5.75 Å². The Morgan fingerprint density at radius 3 is 2.54 bits per heavy atom. The minimum Gasteiger partial charge on any atom is -0.497 e. The molecule has 0 aromatic heterocycles. The average Bonchev–Trinajstić information content (AvgIpc) is 3.08. The van der Waals surface area contributed by atoms with Gasteiger partial charge in [0, 0.05) is 31.7 Å². The monoisotopic (exact) mass is 350 g/mol. The van der Waals surface area contributed by atoms with E-state index in [9.17, 15) is 9.59 Å². The maximum atomic E-state index is 13.0. The smallest absolute Gasteiger partial charge is 0.228 e. The molecule has 2 amide bonds. The highest BCUT2D eigenvalue weighted by atomic mass is 16.5. The maximum Gasteiger partial charge on any atom is 0.228 e. The molecule has 134 valence electrons. The van der Waals surface area contributed by atoms with Crippen LogP contribution in [0.2, 0.25) is 0 Å². The van der Waals surface area contributed by atoms with E-state index in [1.807, 2.05) is 41.3 Å². The third-order valence-corrected chi connectivity index (χ3v) is 5.30. The van der Waals surface area contributed by atoms with Crippen molar-refractivity contribution in [1.82, 2.24) is 4.90 Å². The van der Waals surface area contributed by atoms with Crippen LogP contribution in [0.1, 0.15) is 17.5 Å². The van der Waals surface area contributed by atoms with Crippen molar-refractivity contribution >= 4 is 17.5 Å². The molecule has 0 unspecified atom stereocenters. The zero-order valence-corrected chi connectivity index (χ0v) is 14.9. The first-order valence-electron chi connectivity index (χ1n) is 8.95. The summed E-state index contributed by atoms with van der Waals surface area (Å²) in [6.45, 7) is 1.81. The minimum absolute atomic E-state index is 0.00549. The Hall–Kier alpha value is -2.82. The van der Waals surface area contributed by atoms with Gasteiger partial charge in [-0.25, -0.2) is 0 Å². The lowest BCUT2D eigenvalue weighted by molar-refractivity contribution is -0.136. The van der Waals surface area contributed by atoms with E-state index >= 15 is 0 Å². The quantitative estimate of drug-likeness (QED) is 0.855. The van der Waals surface area contributed by atoms with E-state index in [4.69, 9.17) is 4.74 Å². The molecule has 1 atom stereocenters. The number of amides is 2. The highest BCUT2D eigenvalue weighted by Gasteiger charge is 2.37. The molecule has 0 radical (unpaired) electrons. The molecular weight excluding hydrogens is 328 g/mol.